The van der Waals surface area contributed by atoms with Crippen LogP contribution in [-0.2, 0) is 0 Å². The number of amides is 1. The fourth-order valence-corrected chi connectivity index (χ4v) is 1.17. The fourth-order valence-electron chi connectivity index (χ4n) is 1.17. The van der Waals surface area contributed by atoms with Gasteiger partial charge >= 0.3 is 0 Å². The Bertz CT molecular complexity index is 520. The van der Waals surface area contributed by atoms with Crippen LogP contribution in [0, 0.1) is 5.82 Å². The summed E-state index contributed by atoms with van der Waals surface area (Å²) in [6.07, 6.45) is 2.02. The largest absolute Gasteiger partial charge is 0.381 e. The third-order valence-electron chi connectivity index (χ3n) is 1.71. The number of rotatable bonds is 1. The van der Waals surface area contributed by atoms with Gasteiger partial charge < -0.3 is 11.5 Å². The van der Waals surface area contributed by atoms with Gasteiger partial charge in [0.1, 0.15) is 5.56 Å². The van der Waals surface area contributed by atoms with Crippen LogP contribution in [0.15, 0.2) is 12.4 Å². The molecule has 0 spiro atoms. The molecule has 0 bridgehead atoms. The van der Waals surface area contributed by atoms with Gasteiger partial charge in [-0.25, -0.2) is 13.9 Å². The van der Waals surface area contributed by atoms with Gasteiger partial charge in [-0.2, -0.15) is 0 Å². The van der Waals surface area contributed by atoms with Crippen LogP contribution in [0.1, 0.15) is 10.4 Å². The summed E-state index contributed by atoms with van der Waals surface area (Å²) >= 11 is 0. The summed E-state index contributed by atoms with van der Waals surface area (Å²) in [5, 5.41) is 3.69. The Morgan fingerprint density at radius 3 is 2.93 bits per heavy atom. The smallest absolute Gasteiger partial charge is 0.256 e. The zero-order valence-electron chi connectivity index (χ0n) is 6.94. The van der Waals surface area contributed by atoms with Crippen LogP contribution in [0.4, 0.5) is 10.2 Å². The van der Waals surface area contributed by atoms with Crippen molar-refractivity contribution in [3.63, 3.8) is 0 Å². The quantitative estimate of drug-likeness (QED) is 0.643. The molecule has 2 heterocycles. The lowest BCUT2D eigenvalue weighted by atomic mass is 10.3. The number of aromatic nitrogens is 3. The topological polar surface area (TPSA) is 99.3 Å². The molecule has 0 fully saturated rings. The summed E-state index contributed by atoms with van der Waals surface area (Å²) in [7, 11) is 0. The molecule has 0 aliphatic heterocycles. The summed E-state index contributed by atoms with van der Waals surface area (Å²) in [5.74, 6) is -1.37. The van der Waals surface area contributed by atoms with E-state index in [1.54, 1.807) is 0 Å². The van der Waals surface area contributed by atoms with Crippen molar-refractivity contribution in [1.82, 2.24) is 14.6 Å². The normalized spacial score (nSPS) is 10.6. The highest BCUT2D eigenvalue weighted by Crippen LogP contribution is 2.14. The number of primary amides is 1. The molecule has 7 heteroatoms. The fraction of sp³-hybridized carbons (Fsp3) is 0. The van der Waals surface area contributed by atoms with Gasteiger partial charge in [0.05, 0.1) is 12.4 Å². The third-order valence-corrected chi connectivity index (χ3v) is 1.71. The molecular formula is C7H6FN5O. The molecule has 2 aromatic heterocycles. The van der Waals surface area contributed by atoms with E-state index >= 15 is 0 Å². The van der Waals surface area contributed by atoms with E-state index in [4.69, 9.17) is 11.5 Å². The predicted octanol–water partition coefficient (Wildman–Crippen LogP) is -0.451. The number of nitrogens with two attached hydrogens (primary N) is 2. The zero-order chi connectivity index (χ0) is 10.3. The van der Waals surface area contributed by atoms with E-state index in [1.165, 1.54) is 0 Å². The number of carbonyl (C=O) groups is 1. The van der Waals surface area contributed by atoms with E-state index in [2.05, 4.69) is 10.1 Å². The lowest BCUT2D eigenvalue weighted by Crippen LogP contribution is -2.13. The Morgan fingerprint density at radius 2 is 2.29 bits per heavy atom. The summed E-state index contributed by atoms with van der Waals surface area (Å²) in [6.45, 7) is 0. The van der Waals surface area contributed by atoms with Crippen molar-refractivity contribution in [2.24, 2.45) is 5.73 Å². The number of anilines is 1. The Labute approximate surface area is 77.3 Å². The van der Waals surface area contributed by atoms with E-state index in [0.717, 1.165) is 16.9 Å². The van der Waals surface area contributed by atoms with Crippen LogP contribution < -0.4 is 11.5 Å². The zero-order valence-corrected chi connectivity index (χ0v) is 6.94. The van der Waals surface area contributed by atoms with Gasteiger partial charge in [0, 0.05) is 0 Å². The summed E-state index contributed by atoms with van der Waals surface area (Å²) in [6, 6.07) is 0. The molecule has 4 N–H and O–H groups in total. The molecule has 0 aromatic carbocycles. The molecule has 2 rings (SSSR count). The Hall–Kier alpha value is -2.18. The highest BCUT2D eigenvalue weighted by molar-refractivity contribution is 6.03. The average molecular weight is 195 g/mol. The highest BCUT2D eigenvalue weighted by atomic mass is 19.1. The molecule has 0 saturated heterocycles. The second kappa shape index (κ2) is 2.66. The van der Waals surface area contributed by atoms with E-state index in [1.807, 2.05) is 0 Å². The van der Waals surface area contributed by atoms with E-state index in [9.17, 15) is 9.18 Å². The van der Waals surface area contributed by atoms with Crippen molar-refractivity contribution in [3.05, 3.63) is 23.8 Å². The maximum Gasteiger partial charge on any atom is 0.256 e. The van der Waals surface area contributed by atoms with Crippen LogP contribution in [0.2, 0.25) is 0 Å². The van der Waals surface area contributed by atoms with Gasteiger partial charge in [-0.15, -0.1) is 5.10 Å². The molecule has 0 atom stereocenters. The molecule has 6 nitrogen and oxygen atoms in total. The number of nitrogen functional groups attached to an aromatic ring is 1. The summed E-state index contributed by atoms with van der Waals surface area (Å²) in [4.78, 5) is 14.6. The molecule has 72 valence electrons. The van der Waals surface area contributed by atoms with Crippen molar-refractivity contribution in [3.8, 4) is 0 Å². The molecule has 0 aliphatic carbocycles. The Balaban J connectivity index is 2.84. The second-order valence-electron chi connectivity index (χ2n) is 2.66. The standard InChI is InChI=1S/C7H6FN5O/c8-3-1-11-7-4(6(10)14)5(9)12-13(7)2-3/h1-2H,(H2,9,12)(H2,10,14). The van der Waals surface area contributed by atoms with Crippen molar-refractivity contribution in [1.29, 1.82) is 0 Å². The third kappa shape index (κ3) is 1.06. The van der Waals surface area contributed by atoms with Gasteiger partial charge in [0.2, 0.25) is 0 Å². The van der Waals surface area contributed by atoms with Gasteiger partial charge in [-0.1, -0.05) is 0 Å². The van der Waals surface area contributed by atoms with Gasteiger partial charge in [-0.05, 0) is 0 Å². The van der Waals surface area contributed by atoms with Crippen molar-refractivity contribution < 1.29 is 9.18 Å². The first kappa shape index (κ1) is 8.42. The van der Waals surface area contributed by atoms with E-state index in [-0.39, 0.29) is 17.0 Å². The number of carbonyl (C=O) groups excluding carboxylic acids is 1. The number of fused-ring (bicyclic) bond motifs is 1. The lowest BCUT2D eigenvalue weighted by molar-refractivity contribution is 0.100. The summed E-state index contributed by atoms with van der Waals surface area (Å²) < 4.78 is 13.8. The van der Waals surface area contributed by atoms with Crippen molar-refractivity contribution >= 4 is 17.4 Å². The molecule has 0 radical (unpaired) electrons. The number of hydrogen-bond acceptors (Lipinski definition) is 4. The maximum atomic E-state index is 12.7. The predicted molar refractivity (Wildman–Crippen MR) is 45.9 cm³/mol. The van der Waals surface area contributed by atoms with Crippen LogP contribution in [0.5, 0.6) is 0 Å². The minimum atomic E-state index is -0.739. The molecule has 1 amide bonds. The number of nitrogens with zero attached hydrogens (tertiary/aromatic N) is 3. The SMILES string of the molecule is NC(=O)c1c(N)nn2cc(F)cnc12. The lowest BCUT2D eigenvalue weighted by Gasteiger charge is -1.92. The van der Waals surface area contributed by atoms with Gasteiger partial charge in [0.25, 0.3) is 5.91 Å². The molecule has 14 heavy (non-hydrogen) atoms. The van der Waals surface area contributed by atoms with Crippen molar-refractivity contribution in [2.75, 3.05) is 5.73 Å². The second-order valence-corrected chi connectivity index (χ2v) is 2.66. The number of hydrogen-bond donors (Lipinski definition) is 2. The monoisotopic (exact) mass is 195 g/mol. The average Bonchev–Trinajstić information content (AvgIpc) is 2.39. The molecular weight excluding hydrogens is 189 g/mol. The van der Waals surface area contributed by atoms with Gasteiger partial charge in [-0.3, -0.25) is 4.79 Å². The van der Waals surface area contributed by atoms with Gasteiger partial charge in [0.15, 0.2) is 17.3 Å². The first-order valence-electron chi connectivity index (χ1n) is 3.69. The maximum absolute atomic E-state index is 12.7. The molecule has 0 saturated carbocycles. The highest BCUT2D eigenvalue weighted by Gasteiger charge is 2.16. The number of halogens is 1. The molecule has 2 aromatic rings. The molecule has 0 unspecified atom stereocenters. The minimum absolute atomic E-state index is 0.00463. The first-order valence-corrected chi connectivity index (χ1v) is 3.69. The van der Waals surface area contributed by atoms with Crippen LogP contribution in [0.3, 0.4) is 0 Å². The molecule has 0 aliphatic rings. The first-order chi connectivity index (χ1) is 6.59. The van der Waals surface area contributed by atoms with Crippen LogP contribution in [-0.4, -0.2) is 20.5 Å². The van der Waals surface area contributed by atoms with E-state index in [0.29, 0.717) is 0 Å². The Kier molecular flexibility index (Phi) is 1.60. The van der Waals surface area contributed by atoms with Crippen LogP contribution in [0.25, 0.3) is 5.65 Å². The Morgan fingerprint density at radius 1 is 1.57 bits per heavy atom. The van der Waals surface area contributed by atoms with Crippen LogP contribution >= 0.6 is 0 Å². The van der Waals surface area contributed by atoms with E-state index < -0.39 is 11.7 Å². The summed E-state index contributed by atoms with van der Waals surface area (Å²) in [5.41, 5.74) is 10.6. The minimum Gasteiger partial charge on any atom is -0.381 e. The van der Waals surface area contributed by atoms with Crippen molar-refractivity contribution in [2.45, 2.75) is 0 Å².